The van der Waals surface area contributed by atoms with E-state index in [0.29, 0.717) is 17.8 Å². The van der Waals surface area contributed by atoms with Crippen LogP contribution < -0.4 is 20.9 Å². The summed E-state index contributed by atoms with van der Waals surface area (Å²) in [7, 11) is 0. The van der Waals surface area contributed by atoms with Crippen LogP contribution in [0.4, 0.5) is 14.9 Å². The van der Waals surface area contributed by atoms with Gasteiger partial charge in [0.1, 0.15) is 11.9 Å². The molecule has 2 aliphatic rings. The molecule has 0 aromatic heterocycles. The highest BCUT2D eigenvalue weighted by atomic mass is 19.1. The third-order valence-corrected chi connectivity index (χ3v) is 4.16. The summed E-state index contributed by atoms with van der Waals surface area (Å²) in [4.78, 5) is 24.3. The molecule has 2 fully saturated rings. The number of hydrogen-bond acceptors (Lipinski definition) is 5. The highest BCUT2D eigenvalue weighted by Crippen LogP contribution is 2.26. The molecule has 2 atom stereocenters. The van der Waals surface area contributed by atoms with E-state index in [1.165, 1.54) is 17.9 Å². The van der Waals surface area contributed by atoms with E-state index < -0.39 is 12.2 Å². The van der Waals surface area contributed by atoms with E-state index >= 15 is 0 Å². The monoisotopic (exact) mass is 336 g/mol. The summed E-state index contributed by atoms with van der Waals surface area (Å²) in [5, 5.41) is 9.09. The van der Waals surface area contributed by atoms with Crippen LogP contribution in [0.1, 0.15) is 18.5 Å². The van der Waals surface area contributed by atoms with Gasteiger partial charge in [-0.25, -0.2) is 9.18 Å². The Balaban J connectivity index is 1.69. The van der Waals surface area contributed by atoms with Gasteiger partial charge in [-0.3, -0.25) is 9.69 Å². The molecule has 2 saturated heterocycles. The SMILES string of the molecule is CC(=O)NC[C@H]1CN(c2ccc(C3CNCCN3)c(F)c2)C(=O)O1. The van der Waals surface area contributed by atoms with E-state index in [4.69, 9.17) is 4.74 Å². The second kappa shape index (κ2) is 7.14. The number of amides is 2. The fraction of sp³-hybridized carbons (Fsp3) is 0.500. The van der Waals surface area contributed by atoms with Crippen LogP contribution in [-0.2, 0) is 9.53 Å². The van der Waals surface area contributed by atoms with Gasteiger partial charge in [0.2, 0.25) is 5.91 Å². The zero-order chi connectivity index (χ0) is 17.1. The third kappa shape index (κ3) is 3.65. The number of carbonyl (C=O) groups is 2. The summed E-state index contributed by atoms with van der Waals surface area (Å²) >= 11 is 0. The maximum atomic E-state index is 14.5. The molecule has 0 spiro atoms. The van der Waals surface area contributed by atoms with Crippen LogP contribution in [0, 0.1) is 5.82 Å². The van der Waals surface area contributed by atoms with Crippen LogP contribution in [0.3, 0.4) is 0 Å². The summed E-state index contributed by atoms with van der Waals surface area (Å²) in [6.07, 6.45) is -0.969. The van der Waals surface area contributed by atoms with Crippen LogP contribution in [0.2, 0.25) is 0 Å². The van der Waals surface area contributed by atoms with E-state index in [1.807, 2.05) is 0 Å². The van der Waals surface area contributed by atoms with Crippen molar-refractivity contribution < 1.29 is 18.7 Å². The molecule has 2 amide bonds. The quantitative estimate of drug-likeness (QED) is 0.747. The van der Waals surface area contributed by atoms with Crippen molar-refractivity contribution in [2.24, 2.45) is 0 Å². The second-order valence-electron chi connectivity index (χ2n) is 5.97. The van der Waals surface area contributed by atoms with Crippen LogP contribution in [0.5, 0.6) is 0 Å². The first-order valence-corrected chi connectivity index (χ1v) is 8.00. The first-order valence-electron chi connectivity index (χ1n) is 8.00. The van der Waals surface area contributed by atoms with Crippen molar-refractivity contribution in [1.29, 1.82) is 0 Å². The predicted octanol–water partition coefficient (Wildman–Crippen LogP) is 0.521. The Labute approximate surface area is 139 Å². The highest BCUT2D eigenvalue weighted by molar-refractivity contribution is 5.89. The summed E-state index contributed by atoms with van der Waals surface area (Å²) in [6.45, 7) is 4.25. The van der Waals surface area contributed by atoms with Crippen molar-refractivity contribution in [2.45, 2.75) is 19.1 Å². The molecule has 0 bridgehead atoms. The minimum Gasteiger partial charge on any atom is -0.442 e. The molecule has 3 N–H and O–H groups in total. The lowest BCUT2D eigenvalue weighted by atomic mass is 10.0. The number of anilines is 1. The molecule has 8 heteroatoms. The fourth-order valence-electron chi connectivity index (χ4n) is 2.94. The van der Waals surface area contributed by atoms with E-state index in [0.717, 1.165) is 13.1 Å². The zero-order valence-corrected chi connectivity index (χ0v) is 13.5. The van der Waals surface area contributed by atoms with Gasteiger partial charge in [-0.15, -0.1) is 0 Å². The first-order chi connectivity index (χ1) is 11.5. The molecule has 1 aromatic carbocycles. The van der Waals surface area contributed by atoms with Gasteiger partial charge >= 0.3 is 6.09 Å². The van der Waals surface area contributed by atoms with E-state index in [2.05, 4.69) is 16.0 Å². The van der Waals surface area contributed by atoms with Gasteiger partial charge in [0.15, 0.2) is 0 Å². The zero-order valence-electron chi connectivity index (χ0n) is 13.5. The number of nitrogens with zero attached hydrogens (tertiary/aromatic N) is 1. The lowest BCUT2D eigenvalue weighted by Gasteiger charge is -2.25. The van der Waals surface area contributed by atoms with Crippen molar-refractivity contribution in [3.8, 4) is 0 Å². The fourth-order valence-corrected chi connectivity index (χ4v) is 2.94. The summed E-state index contributed by atoms with van der Waals surface area (Å²) < 4.78 is 19.7. The molecule has 1 aromatic rings. The summed E-state index contributed by atoms with van der Waals surface area (Å²) in [5.74, 6) is -0.541. The highest BCUT2D eigenvalue weighted by Gasteiger charge is 2.33. The van der Waals surface area contributed by atoms with Crippen molar-refractivity contribution in [1.82, 2.24) is 16.0 Å². The Hall–Kier alpha value is -2.19. The Morgan fingerprint density at radius 2 is 2.29 bits per heavy atom. The van der Waals surface area contributed by atoms with Gasteiger partial charge < -0.3 is 20.7 Å². The number of hydrogen-bond donors (Lipinski definition) is 3. The van der Waals surface area contributed by atoms with Crippen molar-refractivity contribution in [3.05, 3.63) is 29.6 Å². The van der Waals surface area contributed by atoms with Gasteiger partial charge in [0.25, 0.3) is 0 Å². The Kier molecular flexibility index (Phi) is 4.96. The van der Waals surface area contributed by atoms with Crippen LogP contribution in [-0.4, -0.2) is 50.8 Å². The minimum absolute atomic E-state index is 0.0779. The first kappa shape index (κ1) is 16.7. The average Bonchev–Trinajstić information content (AvgIpc) is 2.94. The van der Waals surface area contributed by atoms with Crippen LogP contribution in [0.25, 0.3) is 0 Å². The predicted molar refractivity (Wildman–Crippen MR) is 86.3 cm³/mol. The number of nitrogens with one attached hydrogen (secondary N) is 3. The van der Waals surface area contributed by atoms with Crippen LogP contribution in [0.15, 0.2) is 18.2 Å². The molecule has 2 aliphatic heterocycles. The molecule has 2 heterocycles. The van der Waals surface area contributed by atoms with Crippen molar-refractivity contribution >= 4 is 17.7 Å². The molecule has 24 heavy (non-hydrogen) atoms. The molecule has 0 radical (unpaired) electrons. The van der Waals surface area contributed by atoms with Crippen molar-refractivity contribution in [3.63, 3.8) is 0 Å². The number of piperazine rings is 1. The molecular formula is C16H21FN4O3. The molecule has 3 rings (SSSR count). The van der Waals surface area contributed by atoms with E-state index in [-0.39, 0.29) is 30.9 Å². The lowest BCUT2D eigenvalue weighted by Crippen LogP contribution is -2.43. The standard InChI is InChI=1S/C16H21FN4O3/c1-10(22)20-7-12-9-21(16(23)24-12)11-2-3-13(14(17)6-11)15-8-18-4-5-19-15/h2-3,6,12,15,18-19H,4-5,7-9H2,1H3,(H,20,22)/t12-,15?/m0/s1. The summed E-state index contributed by atoms with van der Waals surface area (Å²) in [6, 6.07) is 4.69. The smallest absolute Gasteiger partial charge is 0.414 e. The van der Waals surface area contributed by atoms with E-state index in [9.17, 15) is 14.0 Å². The lowest BCUT2D eigenvalue weighted by molar-refractivity contribution is -0.119. The maximum Gasteiger partial charge on any atom is 0.414 e. The number of halogens is 1. The number of ether oxygens (including phenoxy) is 1. The molecular weight excluding hydrogens is 315 g/mol. The minimum atomic E-state index is -0.532. The molecule has 0 saturated carbocycles. The van der Waals surface area contributed by atoms with Crippen LogP contribution >= 0.6 is 0 Å². The molecule has 7 nitrogen and oxygen atoms in total. The normalized spacial score (nSPS) is 23.9. The number of cyclic esters (lactones) is 1. The summed E-state index contributed by atoms with van der Waals surface area (Å²) in [5.41, 5.74) is 1.03. The maximum absolute atomic E-state index is 14.5. The number of rotatable bonds is 4. The Bertz CT molecular complexity index is 634. The molecule has 130 valence electrons. The largest absolute Gasteiger partial charge is 0.442 e. The molecule has 0 aliphatic carbocycles. The second-order valence-corrected chi connectivity index (χ2v) is 5.97. The Morgan fingerprint density at radius 3 is 2.96 bits per heavy atom. The molecule has 1 unspecified atom stereocenters. The van der Waals surface area contributed by atoms with Gasteiger partial charge in [-0.2, -0.15) is 0 Å². The topological polar surface area (TPSA) is 82.7 Å². The van der Waals surface area contributed by atoms with Crippen molar-refractivity contribution in [2.75, 3.05) is 37.6 Å². The van der Waals surface area contributed by atoms with Gasteiger partial charge in [-0.1, -0.05) is 6.07 Å². The van der Waals surface area contributed by atoms with Gasteiger partial charge in [0, 0.05) is 38.2 Å². The number of carbonyl (C=O) groups excluding carboxylic acids is 2. The Morgan fingerprint density at radius 1 is 1.46 bits per heavy atom. The third-order valence-electron chi connectivity index (χ3n) is 4.16. The van der Waals surface area contributed by atoms with E-state index in [1.54, 1.807) is 12.1 Å². The van der Waals surface area contributed by atoms with Gasteiger partial charge in [-0.05, 0) is 12.1 Å². The van der Waals surface area contributed by atoms with Gasteiger partial charge in [0.05, 0.1) is 18.8 Å². The number of benzene rings is 1. The average molecular weight is 336 g/mol.